The molecule has 0 unspecified atom stereocenters. The molecule has 2 heterocycles. The first-order chi connectivity index (χ1) is 7.88. The van der Waals surface area contributed by atoms with E-state index in [0.29, 0.717) is 11.3 Å². The SMILES string of the molecule is Cc1c(C(=O)NC(C)(C)C)cnc2ncnn12. The lowest BCUT2D eigenvalue weighted by Gasteiger charge is -2.20. The first kappa shape index (κ1) is 11.5. The Hall–Kier alpha value is -1.98. The van der Waals surface area contributed by atoms with Gasteiger partial charge in [-0.15, -0.1) is 0 Å². The minimum absolute atomic E-state index is 0.153. The van der Waals surface area contributed by atoms with Gasteiger partial charge in [-0.25, -0.2) is 9.50 Å². The van der Waals surface area contributed by atoms with Gasteiger partial charge in [0.25, 0.3) is 11.7 Å². The zero-order chi connectivity index (χ0) is 12.6. The lowest BCUT2D eigenvalue weighted by Crippen LogP contribution is -2.41. The standard InChI is InChI=1S/C11H15N5O/c1-7-8(9(17)15-11(2,3)4)5-12-10-13-6-14-16(7)10/h5-6H,1-4H3,(H,15,17). The van der Waals surface area contributed by atoms with Crippen LogP contribution in [0.5, 0.6) is 0 Å². The minimum atomic E-state index is -0.277. The number of hydrogen-bond donors (Lipinski definition) is 1. The highest BCUT2D eigenvalue weighted by Gasteiger charge is 2.18. The van der Waals surface area contributed by atoms with E-state index in [1.165, 1.54) is 12.5 Å². The molecule has 1 amide bonds. The third kappa shape index (κ3) is 2.25. The van der Waals surface area contributed by atoms with Crippen LogP contribution in [0.15, 0.2) is 12.5 Å². The quantitative estimate of drug-likeness (QED) is 0.796. The molecule has 2 aromatic heterocycles. The van der Waals surface area contributed by atoms with Crippen LogP contribution in [0.2, 0.25) is 0 Å². The summed E-state index contributed by atoms with van der Waals surface area (Å²) < 4.78 is 1.55. The molecule has 90 valence electrons. The van der Waals surface area contributed by atoms with Crippen LogP contribution in [0.4, 0.5) is 0 Å². The van der Waals surface area contributed by atoms with Crippen LogP contribution in [0, 0.1) is 6.92 Å². The Bertz CT molecular complexity index is 567. The van der Waals surface area contributed by atoms with Crippen molar-refractivity contribution in [3.63, 3.8) is 0 Å². The van der Waals surface area contributed by atoms with Gasteiger partial charge in [-0.1, -0.05) is 0 Å². The maximum atomic E-state index is 12.0. The number of aromatic nitrogens is 4. The molecule has 0 atom stereocenters. The van der Waals surface area contributed by atoms with E-state index in [2.05, 4.69) is 20.4 Å². The van der Waals surface area contributed by atoms with E-state index in [-0.39, 0.29) is 11.4 Å². The molecule has 0 aliphatic rings. The van der Waals surface area contributed by atoms with Gasteiger partial charge in [0.2, 0.25) is 0 Å². The Balaban J connectivity index is 2.42. The molecule has 0 aliphatic heterocycles. The lowest BCUT2D eigenvalue weighted by molar-refractivity contribution is 0.0918. The summed E-state index contributed by atoms with van der Waals surface area (Å²) in [5, 5.41) is 6.91. The van der Waals surface area contributed by atoms with Crippen molar-refractivity contribution in [1.29, 1.82) is 0 Å². The summed E-state index contributed by atoms with van der Waals surface area (Å²) in [6, 6.07) is 0. The van der Waals surface area contributed by atoms with Gasteiger partial charge in [-0.3, -0.25) is 4.79 Å². The second-order valence-electron chi connectivity index (χ2n) is 4.93. The van der Waals surface area contributed by atoms with Crippen molar-refractivity contribution in [1.82, 2.24) is 24.9 Å². The van der Waals surface area contributed by atoms with E-state index in [9.17, 15) is 4.79 Å². The van der Waals surface area contributed by atoms with Gasteiger partial charge in [0.05, 0.1) is 11.3 Å². The molecule has 0 bridgehead atoms. The summed E-state index contributed by atoms with van der Waals surface area (Å²) in [4.78, 5) is 20.1. The molecule has 6 nitrogen and oxygen atoms in total. The number of hydrogen-bond acceptors (Lipinski definition) is 4. The number of rotatable bonds is 1. The molecule has 0 aromatic carbocycles. The van der Waals surface area contributed by atoms with Crippen LogP contribution < -0.4 is 5.32 Å². The zero-order valence-corrected chi connectivity index (χ0v) is 10.4. The number of carbonyl (C=O) groups is 1. The van der Waals surface area contributed by atoms with E-state index >= 15 is 0 Å². The molecule has 0 saturated heterocycles. The third-order valence-electron chi connectivity index (χ3n) is 2.28. The molecule has 0 aliphatic carbocycles. The van der Waals surface area contributed by atoms with E-state index < -0.39 is 0 Å². The Kier molecular flexibility index (Phi) is 2.57. The lowest BCUT2D eigenvalue weighted by atomic mass is 10.1. The Labute approximate surface area is 99.1 Å². The van der Waals surface area contributed by atoms with Crippen molar-refractivity contribution in [3.8, 4) is 0 Å². The molecular formula is C11H15N5O. The summed E-state index contributed by atoms with van der Waals surface area (Å²) in [6.45, 7) is 7.62. The number of amides is 1. The van der Waals surface area contributed by atoms with E-state index in [0.717, 1.165) is 5.69 Å². The highest BCUT2D eigenvalue weighted by atomic mass is 16.1. The summed E-state index contributed by atoms with van der Waals surface area (Å²) in [7, 11) is 0. The maximum absolute atomic E-state index is 12.0. The van der Waals surface area contributed by atoms with Crippen LogP contribution >= 0.6 is 0 Å². The summed E-state index contributed by atoms with van der Waals surface area (Å²) in [5.41, 5.74) is 0.966. The molecular weight excluding hydrogens is 218 g/mol. The largest absolute Gasteiger partial charge is 0.347 e. The first-order valence-corrected chi connectivity index (χ1v) is 5.36. The van der Waals surface area contributed by atoms with Gasteiger partial charge < -0.3 is 5.32 Å². The fraction of sp³-hybridized carbons (Fsp3) is 0.455. The summed E-state index contributed by atoms with van der Waals surface area (Å²) in [5.74, 6) is 0.342. The van der Waals surface area contributed by atoms with Crippen molar-refractivity contribution in [2.45, 2.75) is 33.2 Å². The monoisotopic (exact) mass is 233 g/mol. The number of fused-ring (bicyclic) bond motifs is 1. The minimum Gasteiger partial charge on any atom is -0.347 e. The van der Waals surface area contributed by atoms with E-state index in [4.69, 9.17) is 0 Å². The number of nitrogens with zero attached hydrogens (tertiary/aromatic N) is 4. The average Bonchev–Trinajstić information content (AvgIpc) is 2.63. The molecule has 2 aromatic rings. The molecule has 6 heteroatoms. The van der Waals surface area contributed by atoms with Crippen molar-refractivity contribution < 1.29 is 4.79 Å². The predicted molar refractivity (Wildman–Crippen MR) is 62.7 cm³/mol. The molecule has 1 N–H and O–H groups in total. The fourth-order valence-electron chi connectivity index (χ4n) is 1.52. The summed E-state index contributed by atoms with van der Waals surface area (Å²) >= 11 is 0. The Morgan fingerprint density at radius 2 is 2.06 bits per heavy atom. The molecule has 0 spiro atoms. The maximum Gasteiger partial charge on any atom is 0.255 e. The topological polar surface area (TPSA) is 72.2 Å². The van der Waals surface area contributed by atoms with Crippen molar-refractivity contribution in [3.05, 3.63) is 23.8 Å². The van der Waals surface area contributed by atoms with E-state index in [1.54, 1.807) is 4.52 Å². The van der Waals surface area contributed by atoms with Crippen LogP contribution in [0.3, 0.4) is 0 Å². The summed E-state index contributed by atoms with van der Waals surface area (Å²) in [6.07, 6.45) is 2.95. The average molecular weight is 233 g/mol. The predicted octanol–water partition coefficient (Wildman–Crippen LogP) is 0.961. The number of nitrogens with one attached hydrogen (secondary N) is 1. The number of aryl methyl sites for hydroxylation is 1. The second-order valence-corrected chi connectivity index (χ2v) is 4.93. The Morgan fingerprint density at radius 3 is 2.71 bits per heavy atom. The molecule has 17 heavy (non-hydrogen) atoms. The van der Waals surface area contributed by atoms with Gasteiger partial charge in [0, 0.05) is 11.7 Å². The van der Waals surface area contributed by atoms with Gasteiger partial charge >= 0.3 is 0 Å². The smallest absolute Gasteiger partial charge is 0.255 e. The fourth-order valence-corrected chi connectivity index (χ4v) is 1.52. The van der Waals surface area contributed by atoms with Gasteiger partial charge in [0.1, 0.15) is 6.33 Å². The van der Waals surface area contributed by atoms with Gasteiger partial charge in [0.15, 0.2) is 0 Å². The second kappa shape index (κ2) is 3.80. The van der Waals surface area contributed by atoms with Crippen LogP contribution in [0.1, 0.15) is 36.8 Å². The van der Waals surface area contributed by atoms with Crippen LogP contribution in [0.25, 0.3) is 5.78 Å². The highest BCUT2D eigenvalue weighted by Crippen LogP contribution is 2.09. The molecule has 0 radical (unpaired) electrons. The highest BCUT2D eigenvalue weighted by molar-refractivity contribution is 5.95. The Morgan fingerprint density at radius 1 is 1.35 bits per heavy atom. The van der Waals surface area contributed by atoms with Crippen molar-refractivity contribution >= 4 is 11.7 Å². The van der Waals surface area contributed by atoms with E-state index in [1.807, 2.05) is 27.7 Å². The zero-order valence-electron chi connectivity index (χ0n) is 10.4. The van der Waals surface area contributed by atoms with Crippen LogP contribution in [-0.4, -0.2) is 31.0 Å². The van der Waals surface area contributed by atoms with Crippen LogP contribution in [-0.2, 0) is 0 Å². The van der Waals surface area contributed by atoms with Gasteiger partial charge in [-0.05, 0) is 27.7 Å². The molecule has 2 rings (SSSR count). The van der Waals surface area contributed by atoms with Crippen molar-refractivity contribution in [2.24, 2.45) is 0 Å². The molecule has 0 fully saturated rings. The molecule has 0 saturated carbocycles. The van der Waals surface area contributed by atoms with Crippen molar-refractivity contribution in [2.75, 3.05) is 0 Å². The number of carbonyl (C=O) groups excluding carboxylic acids is 1. The normalized spacial score (nSPS) is 11.8. The third-order valence-corrected chi connectivity index (χ3v) is 2.28. The first-order valence-electron chi connectivity index (χ1n) is 5.36. The van der Waals surface area contributed by atoms with Gasteiger partial charge in [-0.2, -0.15) is 10.1 Å².